The van der Waals surface area contributed by atoms with Gasteiger partial charge < -0.3 is 4.74 Å². The van der Waals surface area contributed by atoms with Crippen LogP contribution in [-0.4, -0.2) is 17.7 Å². The Balaban J connectivity index is 1.83. The maximum Gasteiger partial charge on any atom is 0.337 e. The van der Waals surface area contributed by atoms with Crippen molar-refractivity contribution >= 4 is 28.3 Å². The van der Waals surface area contributed by atoms with Crippen LogP contribution in [0.2, 0.25) is 0 Å². The van der Waals surface area contributed by atoms with Gasteiger partial charge in [-0.1, -0.05) is 36.4 Å². The number of hydrogen-bond acceptors (Lipinski definition) is 2. The van der Waals surface area contributed by atoms with Crippen LogP contribution in [0.3, 0.4) is 0 Å². The van der Waals surface area contributed by atoms with Crippen LogP contribution in [0.5, 0.6) is 5.75 Å². The lowest BCUT2D eigenvalue weighted by Crippen LogP contribution is -2.30. The number of carbonyl (C=O) groups is 1. The number of amides is 1. The Kier molecular flexibility index (Phi) is 4.15. The number of carbonyl (C=O) groups excluding carboxylic acids is 1. The van der Waals surface area contributed by atoms with E-state index < -0.39 is 0 Å². The van der Waals surface area contributed by atoms with Gasteiger partial charge in [0.2, 0.25) is 0 Å². The van der Waals surface area contributed by atoms with E-state index in [1.165, 1.54) is 0 Å². The molecule has 4 nitrogen and oxygen atoms in total. The highest BCUT2D eigenvalue weighted by atomic mass is 16.5. The Hall–Kier alpha value is -3.53. The number of benzene rings is 3. The van der Waals surface area contributed by atoms with Gasteiger partial charge in [-0.25, -0.2) is 4.79 Å². The molecular weight excluding hydrogens is 324 g/mol. The molecule has 1 amide bonds. The minimum Gasteiger partial charge on any atom is -0.497 e. The highest BCUT2D eigenvalue weighted by Gasteiger charge is 2.20. The second-order valence-electron chi connectivity index (χ2n) is 5.90. The van der Waals surface area contributed by atoms with Crippen LogP contribution in [0.15, 0.2) is 91.1 Å². The normalized spacial score (nSPS) is 10.7. The lowest BCUT2D eigenvalue weighted by atomic mass is 10.2. The molecule has 4 heteroatoms. The average molecular weight is 342 g/mol. The molecule has 128 valence electrons. The van der Waals surface area contributed by atoms with E-state index in [1.54, 1.807) is 22.8 Å². The minimum atomic E-state index is -0.137. The lowest BCUT2D eigenvalue weighted by Gasteiger charge is -2.23. The first-order chi connectivity index (χ1) is 12.8. The van der Waals surface area contributed by atoms with E-state index in [4.69, 9.17) is 4.74 Å². The van der Waals surface area contributed by atoms with Gasteiger partial charge >= 0.3 is 6.03 Å². The van der Waals surface area contributed by atoms with Crippen LogP contribution in [-0.2, 0) is 0 Å². The fourth-order valence-electron chi connectivity index (χ4n) is 3.05. The average Bonchev–Trinajstić information content (AvgIpc) is 3.13. The van der Waals surface area contributed by atoms with Crippen LogP contribution in [0.4, 0.5) is 16.2 Å². The van der Waals surface area contributed by atoms with E-state index in [9.17, 15) is 4.79 Å². The summed E-state index contributed by atoms with van der Waals surface area (Å²) >= 11 is 0. The maximum absolute atomic E-state index is 13.4. The van der Waals surface area contributed by atoms with Crippen molar-refractivity contribution in [3.63, 3.8) is 0 Å². The molecule has 0 saturated carbocycles. The molecule has 0 saturated heterocycles. The van der Waals surface area contributed by atoms with Gasteiger partial charge in [0.05, 0.1) is 24.0 Å². The van der Waals surface area contributed by atoms with Gasteiger partial charge in [-0.2, -0.15) is 0 Å². The molecule has 0 aliphatic heterocycles. The molecule has 0 spiro atoms. The highest BCUT2D eigenvalue weighted by Crippen LogP contribution is 2.28. The van der Waals surface area contributed by atoms with Crippen molar-refractivity contribution < 1.29 is 9.53 Å². The Morgan fingerprint density at radius 3 is 2.04 bits per heavy atom. The molecule has 4 rings (SSSR count). The van der Waals surface area contributed by atoms with Crippen LogP contribution < -0.4 is 9.64 Å². The molecule has 0 fully saturated rings. The molecule has 1 heterocycles. The molecule has 1 aromatic heterocycles. The van der Waals surface area contributed by atoms with Gasteiger partial charge in [0.1, 0.15) is 5.75 Å². The van der Waals surface area contributed by atoms with E-state index in [1.807, 2.05) is 84.9 Å². The van der Waals surface area contributed by atoms with E-state index in [0.717, 1.165) is 28.0 Å². The number of anilines is 2. The predicted octanol–water partition coefficient (Wildman–Crippen LogP) is 5.46. The summed E-state index contributed by atoms with van der Waals surface area (Å²) in [5.74, 6) is 0.769. The number of para-hydroxylation sites is 2. The number of ether oxygens (including phenoxy) is 1. The molecule has 0 atom stereocenters. The zero-order valence-electron chi connectivity index (χ0n) is 14.4. The predicted molar refractivity (Wildman–Crippen MR) is 104 cm³/mol. The molecule has 0 unspecified atom stereocenters. The Morgan fingerprint density at radius 2 is 1.46 bits per heavy atom. The van der Waals surface area contributed by atoms with Gasteiger partial charge in [-0.15, -0.1) is 0 Å². The molecule has 4 aromatic rings. The lowest BCUT2D eigenvalue weighted by molar-refractivity contribution is 0.251. The molecule has 0 aliphatic rings. The SMILES string of the molecule is COc1ccc2c(ccn2C(=O)N(c2ccccc2)c2ccccc2)c1. The van der Waals surface area contributed by atoms with Crippen molar-refractivity contribution in [3.8, 4) is 5.75 Å². The van der Waals surface area contributed by atoms with Gasteiger partial charge in [0, 0.05) is 11.6 Å². The van der Waals surface area contributed by atoms with Crippen molar-refractivity contribution in [2.75, 3.05) is 12.0 Å². The third-order valence-corrected chi connectivity index (χ3v) is 4.32. The zero-order chi connectivity index (χ0) is 17.9. The van der Waals surface area contributed by atoms with E-state index in [-0.39, 0.29) is 6.03 Å². The molecule has 0 aliphatic carbocycles. The topological polar surface area (TPSA) is 34.5 Å². The van der Waals surface area contributed by atoms with Gasteiger partial charge in [-0.05, 0) is 48.5 Å². The van der Waals surface area contributed by atoms with Gasteiger partial charge in [0.25, 0.3) is 0 Å². The first-order valence-corrected chi connectivity index (χ1v) is 8.37. The fraction of sp³-hybridized carbons (Fsp3) is 0.0455. The Labute approximate surface area is 151 Å². The van der Waals surface area contributed by atoms with Crippen molar-refractivity contribution in [1.29, 1.82) is 0 Å². The molecule has 0 radical (unpaired) electrons. The number of rotatable bonds is 3. The summed E-state index contributed by atoms with van der Waals surface area (Å²) in [7, 11) is 1.63. The van der Waals surface area contributed by atoms with Gasteiger partial charge in [0.15, 0.2) is 0 Å². The van der Waals surface area contributed by atoms with Crippen molar-refractivity contribution in [1.82, 2.24) is 4.57 Å². The first kappa shape index (κ1) is 16.0. The third kappa shape index (κ3) is 2.82. The van der Waals surface area contributed by atoms with E-state index in [2.05, 4.69) is 0 Å². The van der Waals surface area contributed by atoms with Crippen LogP contribution in [0, 0.1) is 0 Å². The number of nitrogens with zero attached hydrogens (tertiary/aromatic N) is 2. The third-order valence-electron chi connectivity index (χ3n) is 4.32. The monoisotopic (exact) mass is 342 g/mol. The number of fused-ring (bicyclic) bond motifs is 1. The second-order valence-corrected chi connectivity index (χ2v) is 5.90. The number of hydrogen-bond donors (Lipinski definition) is 0. The largest absolute Gasteiger partial charge is 0.497 e. The second kappa shape index (κ2) is 6.76. The molecule has 3 aromatic carbocycles. The fourth-order valence-corrected chi connectivity index (χ4v) is 3.05. The van der Waals surface area contributed by atoms with Crippen LogP contribution in [0.25, 0.3) is 10.9 Å². The molecule has 26 heavy (non-hydrogen) atoms. The molecule has 0 bridgehead atoms. The summed E-state index contributed by atoms with van der Waals surface area (Å²) < 4.78 is 6.94. The van der Waals surface area contributed by atoms with Crippen LogP contribution in [0.1, 0.15) is 0 Å². The van der Waals surface area contributed by atoms with E-state index >= 15 is 0 Å². The van der Waals surface area contributed by atoms with Crippen molar-refractivity contribution in [2.24, 2.45) is 0 Å². The molecular formula is C22H18N2O2. The summed E-state index contributed by atoms with van der Waals surface area (Å²) in [6.07, 6.45) is 1.80. The Morgan fingerprint density at radius 1 is 0.846 bits per heavy atom. The summed E-state index contributed by atoms with van der Waals surface area (Å²) in [5.41, 5.74) is 2.48. The summed E-state index contributed by atoms with van der Waals surface area (Å²) in [5, 5.41) is 0.957. The summed E-state index contributed by atoms with van der Waals surface area (Å²) in [6.45, 7) is 0. The Bertz CT molecular complexity index is 1000. The standard InChI is InChI=1S/C22H18N2O2/c1-26-20-12-13-21-17(16-20)14-15-23(21)22(25)24(18-8-4-2-5-9-18)19-10-6-3-7-11-19/h2-16H,1H3. The minimum absolute atomic E-state index is 0.137. The van der Waals surface area contributed by atoms with Crippen molar-refractivity contribution in [2.45, 2.75) is 0 Å². The first-order valence-electron chi connectivity index (χ1n) is 8.37. The number of aromatic nitrogens is 1. The van der Waals surface area contributed by atoms with Crippen molar-refractivity contribution in [3.05, 3.63) is 91.1 Å². The zero-order valence-corrected chi connectivity index (χ0v) is 14.4. The smallest absolute Gasteiger partial charge is 0.337 e. The van der Waals surface area contributed by atoms with E-state index in [0.29, 0.717) is 0 Å². The summed E-state index contributed by atoms with van der Waals surface area (Å²) in [6, 6.07) is 26.8. The van der Waals surface area contributed by atoms with Crippen LogP contribution >= 0.6 is 0 Å². The quantitative estimate of drug-likeness (QED) is 0.496. The highest BCUT2D eigenvalue weighted by molar-refractivity contribution is 6.05. The molecule has 0 N–H and O–H groups in total. The number of methoxy groups -OCH3 is 1. The maximum atomic E-state index is 13.4. The summed E-state index contributed by atoms with van der Waals surface area (Å²) in [4.78, 5) is 15.1. The van der Waals surface area contributed by atoms with Gasteiger partial charge in [-0.3, -0.25) is 9.47 Å².